The summed E-state index contributed by atoms with van der Waals surface area (Å²) in [7, 11) is 0. The Morgan fingerprint density at radius 1 is 0.587 bits per heavy atom. The summed E-state index contributed by atoms with van der Waals surface area (Å²) in [5.74, 6) is 1.31. The number of hydrogen-bond donors (Lipinski definition) is 0. The zero-order valence-corrected chi connectivity index (χ0v) is 39.7. The second-order valence-corrected chi connectivity index (χ2v) is 20.8. The van der Waals surface area contributed by atoms with E-state index in [0.29, 0.717) is 11.8 Å². The summed E-state index contributed by atoms with van der Waals surface area (Å²) in [6, 6.07) is 27.6. The summed E-state index contributed by atoms with van der Waals surface area (Å²) < 4.78 is 13.3. The predicted molar refractivity (Wildman–Crippen MR) is 265 cm³/mol. The van der Waals surface area contributed by atoms with Crippen LogP contribution in [-0.2, 0) is 9.47 Å². The summed E-state index contributed by atoms with van der Waals surface area (Å²) in [6.45, 7) is 14.9. The minimum Gasteiger partial charge on any atom is -0.380 e. The molecule has 4 saturated heterocycles. The van der Waals surface area contributed by atoms with Crippen molar-refractivity contribution < 1.29 is 9.47 Å². The minimum atomic E-state index is 0.632. The number of likely N-dealkylation sites (tertiary alicyclic amines) is 2. The molecule has 12 heteroatoms. The van der Waals surface area contributed by atoms with E-state index in [1.54, 1.807) is 11.3 Å². The number of aromatic nitrogens is 2. The average Bonchev–Trinajstić information content (AvgIpc) is 4.18. The Morgan fingerprint density at radius 2 is 1.03 bits per heavy atom. The fourth-order valence-electron chi connectivity index (χ4n) is 9.92. The minimum absolute atomic E-state index is 0.632. The summed E-state index contributed by atoms with van der Waals surface area (Å²) in [6.07, 6.45) is 13.9. The lowest BCUT2D eigenvalue weighted by Crippen LogP contribution is -2.35. The van der Waals surface area contributed by atoms with Crippen molar-refractivity contribution in [1.29, 1.82) is 5.26 Å². The number of nitrogens with zero attached hydrogens (tertiary/aromatic N) is 7. The number of halogens is 1. The number of thiophene rings is 2. The van der Waals surface area contributed by atoms with E-state index in [9.17, 15) is 5.26 Å². The van der Waals surface area contributed by atoms with Gasteiger partial charge >= 0.3 is 0 Å². The van der Waals surface area contributed by atoms with Crippen LogP contribution in [0.15, 0.2) is 89.0 Å². The van der Waals surface area contributed by atoms with Gasteiger partial charge in [0.2, 0.25) is 0 Å². The second-order valence-electron chi connectivity index (χ2n) is 17.5. The van der Waals surface area contributed by atoms with Crippen LogP contribution in [0.2, 0.25) is 0 Å². The van der Waals surface area contributed by atoms with Crippen molar-refractivity contribution in [3.05, 3.63) is 93.9 Å². The molecule has 0 unspecified atom stereocenters. The van der Waals surface area contributed by atoms with Crippen molar-refractivity contribution in [2.45, 2.75) is 51.4 Å². The number of hydrogen-bond acceptors (Lipinski definition) is 11. The lowest BCUT2D eigenvalue weighted by Gasteiger charge is -2.34. The first-order valence-electron chi connectivity index (χ1n) is 23.2. The maximum atomic E-state index is 9.79. The first-order chi connectivity index (χ1) is 31.1. The first kappa shape index (κ1) is 44.3. The van der Waals surface area contributed by atoms with Crippen LogP contribution in [0, 0.1) is 23.2 Å². The van der Waals surface area contributed by atoms with E-state index in [4.69, 9.17) is 9.47 Å². The van der Waals surface area contributed by atoms with Crippen molar-refractivity contribution in [2.75, 3.05) is 102 Å². The van der Waals surface area contributed by atoms with E-state index in [-0.39, 0.29) is 0 Å². The summed E-state index contributed by atoms with van der Waals surface area (Å²) in [5.41, 5.74) is 7.17. The molecule has 4 aromatic heterocycles. The Hall–Kier alpha value is -3.93. The van der Waals surface area contributed by atoms with E-state index in [2.05, 4.69) is 106 Å². The smallest absolute Gasteiger partial charge is 0.127 e. The number of ether oxygens (including phenoxy) is 2. The predicted octanol–water partition coefficient (Wildman–Crippen LogP) is 11.2. The highest BCUT2D eigenvalue weighted by atomic mass is 79.9. The Morgan fingerprint density at radius 3 is 1.51 bits per heavy atom. The van der Waals surface area contributed by atoms with Crippen LogP contribution >= 0.6 is 38.6 Å². The molecule has 0 amide bonds. The van der Waals surface area contributed by atoms with Crippen LogP contribution < -0.4 is 9.80 Å². The van der Waals surface area contributed by atoms with Gasteiger partial charge in [-0.15, -0.1) is 22.7 Å². The molecule has 4 aliphatic heterocycles. The highest BCUT2D eigenvalue weighted by molar-refractivity contribution is 9.11. The molecule has 0 atom stereocenters. The van der Waals surface area contributed by atoms with Crippen LogP contribution in [-0.4, -0.2) is 112 Å². The molecule has 63 heavy (non-hydrogen) atoms. The third-order valence-corrected chi connectivity index (χ3v) is 16.2. The van der Waals surface area contributed by atoms with E-state index in [1.807, 2.05) is 30.6 Å². The van der Waals surface area contributed by atoms with E-state index in [1.165, 1.54) is 104 Å². The molecule has 0 aliphatic carbocycles. The normalized spacial score (nSPS) is 18.0. The fraction of sp³-hybridized carbons (Fsp3) is 0.471. The van der Waals surface area contributed by atoms with Gasteiger partial charge in [0.15, 0.2) is 0 Å². The van der Waals surface area contributed by atoms with Gasteiger partial charge in [0.25, 0.3) is 0 Å². The number of benzene rings is 2. The van der Waals surface area contributed by atoms with Crippen LogP contribution in [0.3, 0.4) is 0 Å². The molecule has 0 spiro atoms. The van der Waals surface area contributed by atoms with E-state index < -0.39 is 0 Å². The molecule has 4 aliphatic rings. The molecule has 0 saturated carbocycles. The number of nitriles is 1. The molecule has 0 bridgehead atoms. The van der Waals surface area contributed by atoms with Gasteiger partial charge in [-0.05, 0) is 129 Å². The van der Waals surface area contributed by atoms with Gasteiger partial charge in [-0.2, -0.15) is 5.26 Å². The van der Waals surface area contributed by atoms with Gasteiger partial charge in [0, 0.05) is 98.2 Å². The number of fused-ring (bicyclic) bond motifs is 2. The second kappa shape index (κ2) is 21.8. The van der Waals surface area contributed by atoms with Gasteiger partial charge in [0.1, 0.15) is 20.6 Å². The van der Waals surface area contributed by atoms with E-state index in [0.717, 1.165) is 113 Å². The summed E-state index contributed by atoms with van der Waals surface area (Å²) in [5, 5.41) is 12.2. The lowest BCUT2D eigenvalue weighted by molar-refractivity contribution is 0.0753. The molecular weight excluding hydrogens is 887 g/mol. The summed E-state index contributed by atoms with van der Waals surface area (Å²) >= 11 is 7.04. The first-order valence-corrected chi connectivity index (χ1v) is 25.6. The van der Waals surface area contributed by atoms with Crippen molar-refractivity contribution in [3.8, 4) is 28.3 Å². The molecule has 330 valence electrons. The summed E-state index contributed by atoms with van der Waals surface area (Å²) in [4.78, 5) is 22.2. The zero-order chi connectivity index (χ0) is 42.8. The van der Waals surface area contributed by atoms with E-state index >= 15 is 0 Å². The van der Waals surface area contributed by atoms with Gasteiger partial charge in [0.05, 0.1) is 17.0 Å². The maximum Gasteiger partial charge on any atom is 0.127 e. The largest absolute Gasteiger partial charge is 0.380 e. The third-order valence-electron chi connectivity index (χ3n) is 13.4. The molecule has 4 fully saturated rings. The standard InChI is InChI=1S/C26H30N4OS.C25H30BrN3OS/c27-18-23-24(21-6-2-1-3-7-21)25-22(8-11-28-26(25)32-23)30-14-9-20(10-15-30)19-31-17-16-29-12-4-5-13-29;26-24-22(20-6-2-1-3-7-20)23-21(8-11-27-25(23)31-24)29-14-9-19(10-15-29)18-30-17-16-28-12-4-5-13-28/h1-3,6-8,11,20H,4-5,9-10,12-17,19H2;1-3,6-8,11,19H,4-5,9-10,12-18H2. The van der Waals surface area contributed by atoms with Crippen LogP contribution in [0.5, 0.6) is 0 Å². The number of anilines is 2. The molecule has 6 aromatic rings. The maximum absolute atomic E-state index is 9.79. The van der Waals surface area contributed by atoms with Crippen LogP contribution in [0.1, 0.15) is 56.2 Å². The Balaban J connectivity index is 0.000000160. The highest BCUT2D eigenvalue weighted by Gasteiger charge is 2.27. The van der Waals surface area contributed by atoms with Crippen LogP contribution in [0.25, 0.3) is 42.7 Å². The Bertz CT molecular complexity index is 2410. The monoisotopic (exact) mass is 945 g/mol. The van der Waals surface area contributed by atoms with Crippen molar-refractivity contribution >= 4 is 70.4 Å². The Labute approximate surface area is 389 Å². The van der Waals surface area contributed by atoms with Gasteiger partial charge in [-0.25, -0.2) is 9.97 Å². The third kappa shape index (κ3) is 10.8. The topological polar surface area (TPSA) is 81.0 Å². The van der Waals surface area contributed by atoms with Crippen molar-refractivity contribution in [3.63, 3.8) is 0 Å². The number of piperidine rings is 2. The SMILES string of the molecule is Brc1sc2nccc(N3CCC(COCCN4CCCC4)CC3)c2c1-c1ccccc1.N#Cc1sc2nccc(N3CCC(COCCN4CCCC4)CC3)c2c1-c1ccccc1. The number of pyridine rings is 2. The van der Waals surface area contributed by atoms with Gasteiger partial charge < -0.3 is 29.1 Å². The molecule has 8 heterocycles. The molecule has 0 radical (unpaired) electrons. The van der Waals surface area contributed by atoms with Crippen molar-refractivity contribution in [1.82, 2.24) is 19.8 Å². The van der Waals surface area contributed by atoms with Crippen molar-refractivity contribution in [2.24, 2.45) is 11.8 Å². The molecule has 2 aromatic carbocycles. The zero-order valence-electron chi connectivity index (χ0n) is 36.4. The average molecular weight is 947 g/mol. The van der Waals surface area contributed by atoms with Gasteiger partial charge in [-0.1, -0.05) is 60.7 Å². The molecule has 0 N–H and O–H groups in total. The molecular formula is C51H60BrN7O2S2. The van der Waals surface area contributed by atoms with Gasteiger partial charge in [-0.3, -0.25) is 0 Å². The van der Waals surface area contributed by atoms with Crippen LogP contribution in [0.4, 0.5) is 11.4 Å². The lowest BCUT2D eigenvalue weighted by atomic mass is 9.96. The Kier molecular flexibility index (Phi) is 15.3. The fourth-order valence-corrected chi connectivity index (χ4v) is 12.7. The molecule has 9 nitrogen and oxygen atoms in total. The quantitative estimate of drug-likeness (QED) is 0.0992. The number of rotatable bonds is 14. The highest BCUT2D eigenvalue weighted by Crippen LogP contribution is 2.46. The molecule has 10 rings (SSSR count).